The Morgan fingerprint density at radius 3 is 2.55 bits per heavy atom. The van der Waals surface area contributed by atoms with Crippen LogP contribution in [0.3, 0.4) is 0 Å². The van der Waals surface area contributed by atoms with E-state index in [4.69, 9.17) is 16.3 Å². The average Bonchev–Trinajstić information content (AvgIpc) is 2.44. The van der Waals surface area contributed by atoms with Crippen molar-refractivity contribution in [1.29, 1.82) is 0 Å². The molecular weight excluding hydrogens is 324 g/mol. The minimum Gasteiger partial charge on any atom is -0.494 e. The first-order valence-corrected chi connectivity index (χ1v) is 8.58. The van der Waals surface area contributed by atoms with Gasteiger partial charge in [0, 0.05) is 11.9 Å². The van der Waals surface area contributed by atoms with E-state index in [0.717, 1.165) is 11.3 Å². The second-order valence-corrected chi connectivity index (χ2v) is 6.84. The monoisotopic (exact) mass is 340 g/mol. The van der Waals surface area contributed by atoms with Gasteiger partial charge in [-0.2, -0.15) is 0 Å². The van der Waals surface area contributed by atoms with Crippen molar-refractivity contribution in [2.45, 2.75) is 25.7 Å². The summed E-state index contributed by atoms with van der Waals surface area (Å²) in [7, 11) is -3.71. The third-order valence-corrected chi connectivity index (χ3v) is 4.77. The molecule has 5 nitrogen and oxygen atoms in total. The van der Waals surface area contributed by atoms with Crippen molar-refractivity contribution < 1.29 is 13.2 Å². The van der Waals surface area contributed by atoms with Gasteiger partial charge in [-0.15, -0.1) is 0 Å². The van der Waals surface area contributed by atoms with Crippen molar-refractivity contribution in [3.63, 3.8) is 0 Å². The molecule has 0 aliphatic rings. The van der Waals surface area contributed by atoms with E-state index in [1.165, 1.54) is 12.3 Å². The zero-order valence-electron chi connectivity index (χ0n) is 12.6. The molecule has 2 rings (SSSR count). The molecule has 0 saturated carbocycles. The third-order valence-electron chi connectivity index (χ3n) is 3.03. The molecular formula is C15H17ClN2O3S. The Morgan fingerprint density at radius 1 is 1.23 bits per heavy atom. The molecule has 1 heterocycles. The van der Waals surface area contributed by atoms with E-state index >= 15 is 0 Å². The van der Waals surface area contributed by atoms with Crippen LogP contribution in [0.4, 0.5) is 5.69 Å². The molecule has 118 valence electrons. The summed E-state index contributed by atoms with van der Waals surface area (Å²) >= 11 is 5.82. The van der Waals surface area contributed by atoms with Crippen LogP contribution in [-0.4, -0.2) is 20.0 Å². The van der Waals surface area contributed by atoms with Crippen LogP contribution in [0, 0.1) is 13.8 Å². The topological polar surface area (TPSA) is 68.3 Å². The number of nitrogens with one attached hydrogen (secondary N) is 1. The normalized spacial score (nSPS) is 11.3. The standard InChI is InChI=1S/C15H17ClN2O3S/c1-4-21-14-6-5-12(7-10(14)2)18-22(19,20)13-8-11(3)15(16)17-9-13/h5-9,18H,4H2,1-3H3. The Balaban J connectivity index is 2.28. The Hall–Kier alpha value is -1.79. The van der Waals surface area contributed by atoms with Gasteiger partial charge in [0.25, 0.3) is 10.0 Å². The van der Waals surface area contributed by atoms with Crippen molar-refractivity contribution in [2.75, 3.05) is 11.3 Å². The number of sulfonamides is 1. The third kappa shape index (κ3) is 3.69. The van der Waals surface area contributed by atoms with Gasteiger partial charge in [-0.3, -0.25) is 4.72 Å². The molecule has 1 aromatic carbocycles. The summed E-state index contributed by atoms with van der Waals surface area (Å²) in [6.07, 6.45) is 1.24. The van der Waals surface area contributed by atoms with E-state index < -0.39 is 10.0 Å². The minimum absolute atomic E-state index is 0.0703. The lowest BCUT2D eigenvalue weighted by Gasteiger charge is -2.12. The van der Waals surface area contributed by atoms with Gasteiger partial charge in [-0.25, -0.2) is 13.4 Å². The number of aryl methyl sites for hydroxylation is 2. The fourth-order valence-corrected chi connectivity index (χ4v) is 3.11. The summed E-state index contributed by atoms with van der Waals surface area (Å²) in [5, 5.41) is 0.288. The van der Waals surface area contributed by atoms with Crippen LogP contribution < -0.4 is 9.46 Å². The maximum absolute atomic E-state index is 12.4. The number of nitrogens with zero attached hydrogens (tertiary/aromatic N) is 1. The Morgan fingerprint density at radius 2 is 1.95 bits per heavy atom. The number of aromatic nitrogens is 1. The maximum Gasteiger partial charge on any atom is 0.263 e. The number of benzene rings is 1. The lowest BCUT2D eigenvalue weighted by atomic mass is 10.2. The first-order chi connectivity index (χ1) is 10.3. The van der Waals surface area contributed by atoms with Gasteiger partial charge in [0.2, 0.25) is 0 Å². The smallest absolute Gasteiger partial charge is 0.263 e. The zero-order chi connectivity index (χ0) is 16.3. The van der Waals surface area contributed by atoms with Crippen molar-refractivity contribution in [3.05, 3.63) is 46.7 Å². The molecule has 0 unspecified atom stereocenters. The van der Waals surface area contributed by atoms with Crippen LogP contribution in [0.1, 0.15) is 18.1 Å². The van der Waals surface area contributed by atoms with Crippen LogP contribution >= 0.6 is 11.6 Å². The molecule has 0 saturated heterocycles. The van der Waals surface area contributed by atoms with Gasteiger partial charge in [-0.1, -0.05) is 11.6 Å². The van der Waals surface area contributed by atoms with Crippen LogP contribution in [0.15, 0.2) is 35.4 Å². The second kappa shape index (κ2) is 6.54. The molecule has 0 amide bonds. The van der Waals surface area contributed by atoms with Crippen LogP contribution in [0.5, 0.6) is 5.75 Å². The number of hydrogen-bond donors (Lipinski definition) is 1. The van der Waals surface area contributed by atoms with Gasteiger partial charge in [0.1, 0.15) is 15.8 Å². The Bertz CT molecular complexity index is 791. The largest absolute Gasteiger partial charge is 0.494 e. The summed E-state index contributed by atoms with van der Waals surface area (Å²) in [5.41, 5.74) is 1.92. The first kappa shape index (κ1) is 16.6. The fourth-order valence-electron chi connectivity index (χ4n) is 1.92. The number of halogens is 1. The lowest BCUT2D eigenvalue weighted by molar-refractivity contribution is 0.338. The molecule has 2 aromatic rings. The van der Waals surface area contributed by atoms with Gasteiger partial charge in [0.05, 0.1) is 6.61 Å². The summed E-state index contributed by atoms with van der Waals surface area (Å²) in [5.74, 6) is 0.731. The molecule has 0 radical (unpaired) electrons. The number of rotatable bonds is 5. The SMILES string of the molecule is CCOc1ccc(NS(=O)(=O)c2cnc(Cl)c(C)c2)cc1C. The molecule has 0 aliphatic carbocycles. The summed E-state index contributed by atoms with van der Waals surface area (Å²) in [6.45, 7) is 6.01. The molecule has 1 N–H and O–H groups in total. The van der Waals surface area contributed by atoms with E-state index in [9.17, 15) is 8.42 Å². The predicted octanol–water partition coefficient (Wildman–Crippen LogP) is 3.55. The summed E-state index contributed by atoms with van der Waals surface area (Å²) in [6, 6.07) is 6.60. The number of ether oxygens (including phenoxy) is 1. The maximum atomic E-state index is 12.4. The van der Waals surface area contributed by atoms with E-state index in [1.54, 1.807) is 25.1 Å². The molecule has 7 heteroatoms. The molecule has 0 aliphatic heterocycles. The van der Waals surface area contributed by atoms with E-state index in [1.807, 2.05) is 13.8 Å². The van der Waals surface area contributed by atoms with Crippen molar-refractivity contribution in [3.8, 4) is 5.75 Å². The molecule has 22 heavy (non-hydrogen) atoms. The Labute approximate surface area is 135 Å². The number of anilines is 1. The highest BCUT2D eigenvalue weighted by Gasteiger charge is 2.16. The van der Waals surface area contributed by atoms with Crippen LogP contribution in [-0.2, 0) is 10.0 Å². The Kier molecular flexibility index (Phi) is 4.93. The summed E-state index contributed by atoms with van der Waals surface area (Å²) in [4.78, 5) is 3.94. The molecule has 0 spiro atoms. The highest BCUT2D eigenvalue weighted by atomic mass is 35.5. The molecule has 0 atom stereocenters. The average molecular weight is 341 g/mol. The predicted molar refractivity (Wildman–Crippen MR) is 87.1 cm³/mol. The van der Waals surface area contributed by atoms with E-state index in [0.29, 0.717) is 17.9 Å². The second-order valence-electron chi connectivity index (χ2n) is 4.80. The van der Waals surface area contributed by atoms with E-state index in [-0.39, 0.29) is 10.0 Å². The lowest BCUT2D eigenvalue weighted by Crippen LogP contribution is -2.13. The van der Waals surface area contributed by atoms with Gasteiger partial charge in [-0.05, 0) is 56.2 Å². The number of hydrogen-bond acceptors (Lipinski definition) is 4. The zero-order valence-corrected chi connectivity index (χ0v) is 14.1. The van der Waals surface area contributed by atoms with Crippen molar-refractivity contribution >= 4 is 27.3 Å². The fraction of sp³-hybridized carbons (Fsp3) is 0.267. The molecule has 1 aromatic heterocycles. The highest BCUT2D eigenvalue weighted by Crippen LogP contribution is 2.24. The summed E-state index contributed by atoms with van der Waals surface area (Å²) < 4.78 is 32.7. The molecule has 0 fully saturated rings. The van der Waals surface area contributed by atoms with Gasteiger partial charge >= 0.3 is 0 Å². The molecule has 0 bridgehead atoms. The van der Waals surface area contributed by atoms with Crippen molar-refractivity contribution in [2.24, 2.45) is 0 Å². The number of pyridine rings is 1. The van der Waals surface area contributed by atoms with Gasteiger partial charge < -0.3 is 4.74 Å². The van der Waals surface area contributed by atoms with Crippen LogP contribution in [0.25, 0.3) is 0 Å². The van der Waals surface area contributed by atoms with E-state index in [2.05, 4.69) is 9.71 Å². The quantitative estimate of drug-likeness (QED) is 0.845. The highest BCUT2D eigenvalue weighted by molar-refractivity contribution is 7.92. The van der Waals surface area contributed by atoms with Gasteiger partial charge in [0.15, 0.2) is 0 Å². The first-order valence-electron chi connectivity index (χ1n) is 6.72. The minimum atomic E-state index is -3.71. The van der Waals surface area contributed by atoms with Crippen LogP contribution in [0.2, 0.25) is 5.15 Å². The van der Waals surface area contributed by atoms with Crippen molar-refractivity contribution in [1.82, 2.24) is 4.98 Å².